The van der Waals surface area contributed by atoms with Crippen LogP contribution >= 0.6 is 0 Å². The highest BCUT2D eigenvalue weighted by molar-refractivity contribution is 5.87. The summed E-state index contributed by atoms with van der Waals surface area (Å²) >= 11 is 0. The fraction of sp³-hybridized carbons (Fsp3) is 0.478. The first-order valence-electron chi connectivity index (χ1n) is 11.4. The zero-order valence-corrected chi connectivity index (χ0v) is 19.3. The smallest absolute Gasteiger partial charge is 0.228 e. The Morgan fingerprint density at radius 2 is 1.82 bits per heavy atom. The van der Waals surface area contributed by atoms with E-state index in [0.29, 0.717) is 36.2 Å². The van der Waals surface area contributed by atoms with Crippen LogP contribution in [0.5, 0.6) is 0 Å². The highest BCUT2D eigenvalue weighted by Crippen LogP contribution is 2.36. The largest absolute Gasteiger partial charge is 0.367 e. The molecular formula is C23H27N9O. The molecule has 1 aliphatic carbocycles. The van der Waals surface area contributed by atoms with Gasteiger partial charge in [0.25, 0.3) is 0 Å². The van der Waals surface area contributed by atoms with E-state index in [-0.39, 0.29) is 12.2 Å². The normalized spacial score (nSPS) is 21.2. The fourth-order valence-electron chi connectivity index (χ4n) is 4.38. The van der Waals surface area contributed by atoms with E-state index < -0.39 is 0 Å². The van der Waals surface area contributed by atoms with Crippen LogP contribution in [0.2, 0.25) is 0 Å². The van der Waals surface area contributed by atoms with Crippen molar-refractivity contribution >= 4 is 17.1 Å². The number of fused-ring (bicyclic) bond motifs is 1. The lowest BCUT2D eigenvalue weighted by Gasteiger charge is -2.36. The van der Waals surface area contributed by atoms with Crippen molar-refractivity contribution in [2.75, 3.05) is 18.0 Å². The second kappa shape index (κ2) is 7.58. The summed E-state index contributed by atoms with van der Waals surface area (Å²) in [5.41, 5.74) is 5.73. The molecule has 0 amide bonds. The molecule has 1 saturated heterocycles. The third-order valence-corrected chi connectivity index (χ3v) is 6.45. The molecule has 0 spiro atoms. The van der Waals surface area contributed by atoms with Crippen molar-refractivity contribution in [3.05, 3.63) is 41.6 Å². The molecule has 4 aromatic heterocycles. The summed E-state index contributed by atoms with van der Waals surface area (Å²) in [5, 5.41) is 8.88. The molecule has 6 rings (SSSR count). The fourth-order valence-corrected chi connectivity index (χ4v) is 4.38. The molecule has 0 radical (unpaired) electrons. The Labute approximate surface area is 191 Å². The van der Waals surface area contributed by atoms with E-state index in [4.69, 9.17) is 24.7 Å². The lowest BCUT2D eigenvalue weighted by molar-refractivity contribution is -0.0178. The van der Waals surface area contributed by atoms with E-state index in [1.54, 1.807) is 10.9 Å². The van der Waals surface area contributed by atoms with Gasteiger partial charge in [0.2, 0.25) is 5.95 Å². The van der Waals surface area contributed by atoms with Crippen molar-refractivity contribution in [3.8, 4) is 11.4 Å². The molecule has 1 aliphatic heterocycles. The van der Waals surface area contributed by atoms with Gasteiger partial charge in [-0.15, -0.1) is 0 Å². The SMILES string of the molecule is Cc1nc2nc(N3C[C@@H](c4cnn(C5CC5)c4)O[C@@H](C)C3)nc(-c3ccnn3C)c2nc1C. The topological polar surface area (TPSA) is 99.7 Å². The molecule has 2 fully saturated rings. The number of aryl methyl sites for hydroxylation is 3. The Morgan fingerprint density at radius 3 is 2.58 bits per heavy atom. The van der Waals surface area contributed by atoms with Crippen LogP contribution in [0, 0.1) is 13.8 Å². The summed E-state index contributed by atoms with van der Waals surface area (Å²) in [5.74, 6) is 0.631. The zero-order chi connectivity index (χ0) is 22.7. The standard InChI is InChI=1S/C23H27N9O/c1-13-10-31(12-19(33-13)16-9-25-32(11-16)17-5-6-17)23-28-20(18-7-8-24-30(18)4)21-22(29-23)27-15(3)14(2)26-21/h7-9,11,13,17,19H,5-6,10,12H2,1-4H3/t13-,19-/m0/s1. The first-order valence-corrected chi connectivity index (χ1v) is 11.4. The van der Waals surface area contributed by atoms with Gasteiger partial charge in [0, 0.05) is 31.5 Å². The van der Waals surface area contributed by atoms with Crippen molar-refractivity contribution in [2.24, 2.45) is 7.05 Å². The number of hydrogen-bond acceptors (Lipinski definition) is 8. The van der Waals surface area contributed by atoms with Gasteiger partial charge in [-0.3, -0.25) is 9.36 Å². The molecule has 0 unspecified atom stereocenters. The number of ether oxygens (including phenoxy) is 1. The Bertz CT molecular complexity index is 1340. The van der Waals surface area contributed by atoms with Crippen LogP contribution in [0.25, 0.3) is 22.6 Å². The first-order chi connectivity index (χ1) is 16.0. The van der Waals surface area contributed by atoms with Crippen LogP contribution in [0.4, 0.5) is 5.95 Å². The molecule has 4 aromatic rings. The molecule has 0 bridgehead atoms. The van der Waals surface area contributed by atoms with Gasteiger partial charge >= 0.3 is 0 Å². The van der Waals surface area contributed by atoms with E-state index in [1.807, 2.05) is 33.2 Å². The van der Waals surface area contributed by atoms with Crippen molar-refractivity contribution < 1.29 is 4.74 Å². The van der Waals surface area contributed by atoms with Gasteiger partial charge in [-0.2, -0.15) is 15.2 Å². The molecule has 0 aromatic carbocycles. The quantitative estimate of drug-likeness (QED) is 0.473. The Balaban J connectivity index is 1.41. The molecule has 1 saturated carbocycles. The van der Waals surface area contributed by atoms with Crippen LogP contribution in [0.1, 0.15) is 48.9 Å². The van der Waals surface area contributed by atoms with E-state index in [2.05, 4.69) is 32.9 Å². The van der Waals surface area contributed by atoms with Crippen LogP contribution in [-0.4, -0.2) is 58.7 Å². The monoisotopic (exact) mass is 445 g/mol. The van der Waals surface area contributed by atoms with Crippen molar-refractivity contribution in [1.82, 2.24) is 39.5 Å². The minimum Gasteiger partial charge on any atom is -0.367 e. The number of aromatic nitrogens is 8. The Hall–Kier alpha value is -3.40. The van der Waals surface area contributed by atoms with E-state index in [0.717, 1.165) is 28.3 Å². The maximum Gasteiger partial charge on any atom is 0.228 e. The predicted molar refractivity (Wildman–Crippen MR) is 123 cm³/mol. The van der Waals surface area contributed by atoms with Gasteiger partial charge in [0.1, 0.15) is 17.3 Å². The molecule has 0 N–H and O–H groups in total. The summed E-state index contributed by atoms with van der Waals surface area (Å²) in [4.78, 5) is 21.5. The number of rotatable bonds is 4. The second-order valence-corrected chi connectivity index (χ2v) is 9.10. The summed E-state index contributed by atoms with van der Waals surface area (Å²) in [6.07, 6.45) is 8.16. The average Bonchev–Trinajstić information content (AvgIpc) is 3.36. The number of morpholine rings is 1. The molecule has 170 valence electrons. The lowest BCUT2D eigenvalue weighted by atomic mass is 10.1. The zero-order valence-electron chi connectivity index (χ0n) is 19.3. The van der Waals surface area contributed by atoms with Crippen LogP contribution < -0.4 is 4.90 Å². The summed E-state index contributed by atoms with van der Waals surface area (Å²) in [6, 6.07) is 2.49. The summed E-state index contributed by atoms with van der Waals surface area (Å²) in [7, 11) is 1.90. The maximum absolute atomic E-state index is 6.29. The van der Waals surface area contributed by atoms with Crippen molar-refractivity contribution in [1.29, 1.82) is 0 Å². The summed E-state index contributed by atoms with van der Waals surface area (Å²) < 4.78 is 10.2. The number of anilines is 1. The van der Waals surface area contributed by atoms with Crippen molar-refractivity contribution in [3.63, 3.8) is 0 Å². The van der Waals surface area contributed by atoms with Gasteiger partial charge in [-0.05, 0) is 39.7 Å². The third-order valence-electron chi connectivity index (χ3n) is 6.45. The Morgan fingerprint density at radius 1 is 1.00 bits per heavy atom. The van der Waals surface area contributed by atoms with Crippen LogP contribution in [0.15, 0.2) is 24.7 Å². The molecule has 2 aliphatic rings. The average molecular weight is 446 g/mol. The highest BCUT2D eigenvalue weighted by atomic mass is 16.5. The van der Waals surface area contributed by atoms with Gasteiger partial charge in [0.15, 0.2) is 5.65 Å². The van der Waals surface area contributed by atoms with Gasteiger partial charge in [-0.25, -0.2) is 15.0 Å². The van der Waals surface area contributed by atoms with Crippen LogP contribution in [-0.2, 0) is 11.8 Å². The van der Waals surface area contributed by atoms with Crippen LogP contribution in [0.3, 0.4) is 0 Å². The highest BCUT2D eigenvalue weighted by Gasteiger charge is 2.31. The van der Waals surface area contributed by atoms with Gasteiger partial charge in [-0.1, -0.05) is 0 Å². The molecular weight excluding hydrogens is 418 g/mol. The molecule has 33 heavy (non-hydrogen) atoms. The Kier molecular flexibility index (Phi) is 4.65. The van der Waals surface area contributed by atoms with E-state index >= 15 is 0 Å². The molecule has 10 nitrogen and oxygen atoms in total. The predicted octanol–water partition coefficient (Wildman–Crippen LogP) is 2.93. The van der Waals surface area contributed by atoms with E-state index in [9.17, 15) is 0 Å². The molecule has 5 heterocycles. The van der Waals surface area contributed by atoms with Gasteiger partial charge in [0.05, 0.1) is 42.0 Å². The minimum absolute atomic E-state index is 0.0262. The number of nitrogens with zero attached hydrogens (tertiary/aromatic N) is 9. The summed E-state index contributed by atoms with van der Waals surface area (Å²) in [6.45, 7) is 7.34. The third kappa shape index (κ3) is 3.64. The van der Waals surface area contributed by atoms with Gasteiger partial charge < -0.3 is 9.64 Å². The molecule has 2 atom stereocenters. The minimum atomic E-state index is -0.0912. The maximum atomic E-state index is 6.29. The number of hydrogen-bond donors (Lipinski definition) is 0. The lowest BCUT2D eigenvalue weighted by Crippen LogP contribution is -2.43. The first kappa shape index (κ1) is 20.2. The molecule has 10 heteroatoms. The van der Waals surface area contributed by atoms with Crippen molar-refractivity contribution in [2.45, 2.75) is 51.9 Å². The second-order valence-electron chi connectivity index (χ2n) is 9.10. The van der Waals surface area contributed by atoms with E-state index in [1.165, 1.54) is 12.8 Å².